The molecule has 46 heavy (non-hydrogen) atoms. The van der Waals surface area contributed by atoms with E-state index in [-0.39, 0.29) is 31.4 Å². The average Bonchev–Trinajstić information content (AvgIpc) is 3.06. The minimum Gasteiger partial charge on any atom is -0.465 e. The van der Waals surface area contributed by atoms with Crippen LogP contribution in [0.2, 0.25) is 0 Å². The fraction of sp³-hybridized carbons (Fsp3) is 0.343. The molecule has 11 heteroatoms. The molecule has 0 bridgehead atoms. The van der Waals surface area contributed by atoms with Gasteiger partial charge in [0.1, 0.15) is 24.5 Å². The molecule has 5 N–H and O–H groups in total. The number of nitrogens with one attached hydrogen (secondary N) is 4. The predicted molar refractivity (Wildman–Crippen MR) is 174 cm³/mol. The number of carbonyl (C=O) groups excluding carboxylic acids is 3. The van der Waals surface area contributed by atoms with Gasteiger partial charge in [-0.15, -0.1) is 0 Å². The van der Waals surface area contributed by atoms with Crippen molar-refractivity contribution >= 4 is 29.8 Å². The molecule has 0 saturated carbocycles. The third kappa shape index (κ3) is 9.16. The molecular weight excluding hydrogens is 586 g/mol. The van der Waals surface area contributed by atoms with Crippen molar-refractivity contribution in [3.8, 4) is 0 Å². The summed E-state index contributed by atoms with van der Waals surface area (Å²) in [5, 5.41) is 25.8. The number of alkyl carbamates (subject to hydrolysis) is 1. The van der Waals surface area contributed by atoms with Gasteiger partial charge in [0, 0.05) is 18.7 Å². The van der Waals surface area contributed by atoms with Crippen LogP contribution in [0.15, 0.2) is 78.9 Å². The van der Waals surface area contributed by atoms with Crippen LogP contribution in [0.25, 0.3) is 0 Å². The molecule has 0 spiro atoms. The molecule has 3 aromatic rings. The van der Waals surface area contributed by atoms with Gasteiger partial charge in [-0.25, -0.2) is 9.59 Å². The van der Waals surface area contributed by atoms with Gasteiger partial charge in [-0.3, -0.25) is 25.2 Å². The van der Waals surface area contributed by atoms with E-state index in [2.05, 4.69) is 29.8 Å². The maximum atomic E-state index is 13.1. The third-order valence-corrected chi connectivity index (χ3v) is 8.13. The third-order valence-electron chi connectivity index (χ3n) is 8.13. The van der Waals surface area contributed by atoms with Gasteiger partial charge in [0.2, 0.25) is 11.8 Å². The van der Waals surface area contributed by atoms with Gasteiger partial charge < -0.3 is 20.5 Å². The second-order valence-electron chi connectivity index (χ2n) is 11.7. The molecule has 0 radical (unpaired) electrons. The molecular formula is C35H41N5O6. The maximum Gasteiger partial charge on any atom is 0.413 e. The minimum absolute atomic E-state index is 0.0366. The number of benzene rings is 3. The lowest BCUT2D eigenvalue weighted by Crippen LogP contribution is -2.56. The smallest absolute Gasteiger partial charge is 0.413 e. The van der Waals surface area contributed by atoms with Crippen LogP contribution >= 0.6 is 0 Å². The SMILES string of the molecule is CC(NC(=O)[C@H]1C[C@@H](c2ccccc2)CCN1C(=O)O)C(=O)NCc1ccc(C(=N)NC(=O)OCc2ccc(C(C)C)cc2)cc1. The monoisotopic (exact) mass is 627 g/mol. The number of likely N-dealkylation sites (tertiary alicyclic amines) is 1. The topological polar surface area (TPSA) is 161 Å². The van der Waals surface area contributed by atoms with Crippen LogP contribution in [0.4, 0.5) is 9.59 Å². The molecule has 3 atom stereocenters. The van der Waals surface area contributed by atoms with E-state index in [1.165, 1.54) is 5.56 Å². The van der Waals surface area contributed by atoms with Crippen LogP contribution in [0.1, 0.15) is 73.3 Å². The Bertz CT molecular complexity index is 1530. The van der Waals surface area contributed by atoms with E-state index in [1.807, 2.05) is 54.6 Å². The summed E-state index contributed by atoms with van der Waals surface area (Å²) in [4.78, 5) is 51.1. The maximum absolute atomic E-state index is 13.1. The highest BCUT2D eigenvalue weighted by Gasteiger charge is 2.37. The number of carbonyl (C=O) groups is 4. The summed E-state index contributed by atoms with van der Waals surface area (Å²) in [6, 6.07) is 22.4. The first kappa shape index (κ1) is 33.7. The van der Waals surface area contributed by atoms with E-state index in [0.29, 0.717) is 24.3 Å². The van der Waals surface area contributed by atoms with Crippen molar-refractivity contribution in [1.29, 1.82) is 5.41 Å². The van der Waals surface area contributed by atoms with Crippen LogP contribution < -0.4 is 16.0 Å². The summed E-state index contributed by atoms with van der Waals surface area (Å²) in [6.07, 6.45) is -0.959. The summed E-state index contributed by atoms with van der Waals surface area (Å²) in [5.74, 6) is -0.616. The Kier molecular flexibility index (Phi) is 11.5. The number of ether oxygens (including phenoxy) is 1. The molecule has 11 nitrogen and oxygen atoms in total. The van der Waals surface area contributed by atoms with Crippen LogP contribution in [0.3, 0.4) is 0 Å². The van der Waals surface area contributed by atoms with Crippen molar-refractivity contribution in [3.63, 3.8) is 0 Å². The second-order valence-corrected chi connectivity index (χ2v) is 11.7. The predicted octanol–water partition coefficient (Wildman–Crippen LogP) is 5.11. The van der Waals surface area contributed by atoms with E-state index < -0.39 is 36.1 Å². The van der Waals surface area contributed by atoms with E-state index >= 15 is 0 Å². The lowest BCUT2D eigenvalue weighted by molar-refractivity contribution is -0.132. The van der Waals surface area contributed by atoms with Gasteiger partial charge in [0.05, 0.1) is 0 Å². The Balaban J connectivity index is 1.23. The molecule has 4 rings (SSSR count). The van der Waals surface area contributed by atoms with E-state index in [0.717, 1.165) is 21.6 Å². The second kappa shape index (κ2) is 15.7. The number of hydrogen-bond donors (Lipinski definition) is 5. The fourth-order valence-corrected chi connectivity index (χ4v) is 5.34. The van der Waals surface area contributed by atoms with Crippen molar-refractivity contribution in [3.05, 3.63) is 107 Å². The van der Waals surface area contributed by atoms with Gasteiger partial charge in [0.15, 0.2) is 0 Å². The van der Waals surface area contributed by atoms with Gasteiger partial charge >= 0.3 is 12.2 Å². The number of amidine groups is 1. The Morgan fingerprint density at radius 2 is 1.59 bits per heavy atom. The molecule has 1 unspecified atom stereocenters. The molecule has 0 aromatic heterocycles. The zero-order chi connectivity index (χ0) is 33.2. The van der Waals surface area contributed by atoms with Crippen LogP contribution in [-0.2, 0) is 27.5 Å². The standard InChI is InChI=1S/C35H41N5O6/c1-22(2)26-13-11-25(12-14-26)21-46-34(43)39-31(36)28-15-9-24(10-16-28)20-37-32(41)23(3)38-33(42)30-19-29(17-18-40(30)35(44)45)27-7-5-4-6-8-27/h4-16,22-23,29-30H,17-21H2,1-3H3,(H,37,41)(H,38,42)(H,44,45)(H2,36,39,43)/t23?,29-,30+/m0/s1. The largest absolute Gasteiger partial charge is 0.465 e. The summed E-state index contributed by atoms with van der Waals surface area (Å²) in [5.41, 5.74) is 4.29. The number of rotatable bonds is 10. The Hall–Kier alpha value is -5.19. The molecule has 0 aliphatic carbocycles. The van der Waals surface area contributed by atoms with Crippen molar-refractivity contribution in [2.45, 2.75) is 70.7 Å². The number of hydrogen-bond acceptors (Lipinski definition) is 6. The number of nitrogens with zero attached hydrogens (tertiary/aromatic N) is 1. The highest BCUT2D eigenvalue weighted by atomic mass is 16.5. The lowest BCUT2D eigenvalue weighted by atomic mass is 9.85. The molecule has 1 aliphatic heterocycles. The summed E-state index contributed by atoms with van der Waals surface area (Å²) in [7, 11) is 0. The Morgan fingerprint density at radius 1 is 0.935 bits per heavy atom. The summed E-state index contributed by atoms with van der Waals surface area (Å²) in [6.45, 7) is 6.23. The molecule has 1 saturated heterocycles. The minimum atomic E-state index is -1.17. The van der Waals surface area contributed by atoms with Gasteiger partial charge in [-0.05, 0) is 53.9 Å². The summed E-state index contributed by atoms with van der Waals surface area (Å²) < 4.78 is 5.24. The molecule has 242 valence electrons. The molecule has 1 heterocycles. The zero-order valence-electron chi connectivity index (χ0n) is 26.3. The highest BCUT2D eigenvalue weighted by Crippen LogP contribution is 2.31. The number of amides is 4. The van der Waals surface area contributed by atoms with E-state index in [1.54, 1.807) is 31.2 Å². The van der Waals surface area contributed by atoms with Crippen molar-refractivity contribution in [2.75, 3.05) is 6.54 Å². The molecule has 4 amide bonds. The molecule has 1 fully saturated rings. The zero-order valence-corrected chi connectivity index (χ0v) is 26.3. The van der Waals surface area contributed by atoms with Crippen molar-refractivity contribution in [2.24, 2.45) is 0 Å². The van der Waals surface area contributed by atoms with E-state index in [9.17, 15) is 24.3 Å². The summed E-state index contributed by atoms with van der Waals surface area (Å²) >= 11 is 0. The van der Waals surface area contributed by atoms with Crippen molar-refractivity contribution < 1.29 is 29.0 Å². The van der Waals surface area contributed by atoms with Gasteiger partial charge in [-0.2, -0.15) is 0 Å². The lowest BCUT2D eigenvalue weighted by Gasteiger charge is -2.37. The molecule has 1 aliphatic rings. The van der Waals surface area contributed by atoms with E-state index in [4.69, 9.17) is 10.1 Å². The average molecular weight is 628 g/mol. The van der Waals surface area contributed by atoms with Crippen LogP contribution in [0.5, 0.6) is 0 Å². The Labute approximate surface area is 268 Å². The Morgan fingerprint density at radius 3 is 2.22 bits per heavy atom. The van der Waals surface area contributed by atoms with Gasteiger partial charge in [0.25, 0.3) is 0 Å². The number of piperidine rings is 1. The van der Waals surface area contributed by atoms with Crippen molar-refractivity contribution in [1.82, 2.24) is 20.9 Å². The normalized spacial score (nSPS) is 16.7. The number of carboxylic acid groups (broad SMARTS) is 1. The van der Waals surface area contributed by atoms with Crippen LogP contribution in [-0.4, -0.2) is 58.5 Å². The highest BCUT2D eigenvalue weighted by molar-refractivity contribution is 6.04. The quantitative estimate of drug-likeness (QED) is 0.155. The first-order valence-corrected chi connectivity index (χ1v) is 15.3. The first-order chi connectivity index (χ1) is 22.0. The van der Waals surface area contributed by atoms with Crippen LogP contribution in [0, 0.1) is 5.41 Å². The fourth-order valence-electron chi connectivity index (χ4n) is 5.34. The first-order valence-electron chi connectivity index (χ1n) is 15.3. The molecule has 3 aromatic carbocycles. The van der Waals surface area contributed by atoms with Gasteiger partial charge in [-0.1, -0.05) is 92.7 Å².